The number of rotatable bonds is 3. The molecule has 9 heteroatoms. The lowest BCUT2D eigenvalue weighted by molar-refractivity contribution is 0.0992. The molecule has 2 amide bonds. The smallest absolute Gasteiger partial charge is 0.277 e. The van der Waals surface area contributed by atoms with Crippen molar-refractivity contribution in [3.8, 4) is 0 Å². The number of amides is 2. The minimum atomic E-state index is -0.690. The van der Waals surface area contributed by atoms with Crippen molar-refractivity contribution < 1.29 is 9.59 Å². The van der Waals surface area contributed by atoms with Crippen LogP contribution in [0.25, 0.3) is 5.52 Å². The predicted octanol–water partition coefficient (Wildman–Crippen LogP) is 1.38. The van der Waals surface area contributed by atoms with E-state index in [-0.39, 0.29) is 22.1 Å². The highest BCUT2D eigenvalue weighted by molar-refractivity contribution is 6.37. The molecule has 0 aliphatic heterocycles. The van der Waals surface area contributed by atoms with Crippen LogP contribution in [0.1, 0.15) is 26.7 Å². The zero-order chi connectivity index (χ0) is 16.7. The van der Waals surface area contributed by atoms with Gasteiger partial charge >= 0.3 is 0 Å². The number of pyridine rings is 1. The number of nitrogens with one attached hydrogen (secondary N) is 1. The fourth-order valence-electron chi connectivity index (χ4n) is 2.38. The van der Waals surface area contributed by atoms with E-state index >= 15 is 0 Å². The first-order chi connectivity index (χ1) is 10.9. The highest BCUT2D eigenvalue weighted by atomic mass is 35.5. The van der Waals surface area contributed by atoms with Crippen molar-refractivity contribution in [2.45, 2.75) is 6.92 Å². The van der Waals surface area contributed by atoms with Gasteiger partial charge in [-0.2, -0.15) is 10.2 Å². The molecule has 3 aromatic heterocycles. The number of hydrogen-bond donors (Lipinski definition) is 2. The van der Waals surface area contributed by atoms with Crippen molar-refractivity contribution in [2.75, 3.05) is 5.32 Å². The van der Waals surface area contributed by atoms with Gasteiger partial charge in [0.25, 0.3) is 11.8 Å². The Morgan fingerprint density at radius 1 is 1.30 bits per heavy atom. The van der Waals surface area contributed by atoms with Crippen molar-refractivity contribution in [1.82, 2.24) is 19.4 Å². The molecule has 3 aromatic rings. The van der Waals surface area contributed by atoms with Gasteiger partial charge in [0, 0.05) is 13.2 Å². The minimum absolute atomic E-state index is 0.0524. The van der Waals surface area contributed by atoms with E-state index in [1.54, 1.807) is 38.4 Å². The lowest BCUT2D eigenvalue weighted by Crippen LogP contribution is -2.20. The summed E-state index contributed by atoms with van der Waals surface area (Å²) in [6.07, 6.45) is 1.68. The second kappa shape index (κ2) is 5.40. The third-order valence-corrected chi connectivity index (χ3v) is 3.76. The maximum absolute atomic E-state index is 12.5. The van der Waals surface area contributed by atoms with E-state index < -0.39 is 11.8 Å². The molecule has 3 heterocycles. The maximum Gasteiger partial charge on any atom is 0.277 e. The SMILES string of the molecule is Cc1nn(C)c(C(N)=O)c1NC(=O)c1nn2ccccc2c1Cl. The van der Waals surface area contributed by atoms with Crippen molar-refractivity contribution >= 4 is 34.6 Å². The van der Waals surface area contributed by atoms with Crippen molar-refractivity contribution in [3.05, 3.63) is 46.5 Å². The topological polar surface area (TPSA) is 107 Å². The first kappa shape index (κ1) is 15.0. The molecule has 0 spiro atoms. The summed E-state index contributed by atoms with van der Waals surface area (Å²) in [6.45, 7) is 1.66. The lowest BCUT2D eigenvalue weighted by atomic mass is 10.2. The molecule has 0 aliphatic carbocycles. The van der Waals surface area contributed by atoms with Gasteiger partial charge in [-0.1, -0.05) is 17.7 Å². The third kappa shape index (κ3) is 2.42. The van der Waals surface area contributed by atoms with Crippen molar-refractivity contribution in [3.63, 3.8) is 0 Å². The summed E-state index contributed by atoms with van der Waals surface area (Å²) >= 11 is 6.21. The van der Waals surface area contributed by atoms with Gasteiger partial charge in [-0.05, 0) is 19.1 Å². The molecular formula is C14H13ClN6O2. The number of anilines is 1. The second-order valence-corrected chi connectivity index (χ2v) is 5.32. The Kier molecular flexibility index (Phi) is 3.53. The van der Waals surface area contributed by atoms with Crippen LogP contribution in [0.3, 0.4) is 0 Å². The van der Waals surface area contributed by atoms with Gasteiger partial charge in [-0.15, -0.1) is 0 Å². The Balaban J connectivity index is 2.02. The van der Waals surface area contributed by atoms with Gasteiger partial charge in [-0.25, -0.2) is 4.52 Å². The minimum Gasteiger partial charge on any atom is -0.364 e. The largest absolute Gasteiger partial charge is 0.364 e. The summed E-state index contributed by atoms with van der Waals surface area (Å²) in [5.74, 6) is -1.23. The number of aromatic nitrogens is 4. The summed E-state index contributed by atoms with van der Waals surface area (Å²) < 4.78 is 2.82. The predicted molar refractivity (Wildman–Crippen MR) is 84.6 cm³/mol. The Hall–Kier alpha value is -2.87. The summed E-state index contributed by atoms with van der Waals surface area (Å²) in [7, 11) is 1.57. The van der Waals surface area contributed by atoms with E-state index in [2.05, 4.69) is 15.5 Å². The molecule has 0 aliphatic rings. The molecule has 0 radical (unpaired) electrons. The first-order valence-electron chi connectivity index (χ1n) is 6.67. The monoisotopic (exact) mass is 332 g/mol. The molecular weight excluding hydrogens is 320 g/mol. The number of nitrogens with zero attached hydrogens (tertiary/aromatic N) is 4. The Labute approximate surface area is 135 Å². The number of fused-ring (bicyclic) bond motifs is 1. The molecule has 23 heavy (non-hydrogen) atoms. The first-order valence-corrected chi connectivity index (χ1v) is 7.05. The number of carbonyl (C=O) groups excluding carboxylic acids is 2. The molecule has 0 atom stereocenters. The normalized spacial score (nSPS) is 10.9. The van der Waals surface area contributed by atoms with Gasteiger partial charge in [0.15, 0.2) is 5.69 Å². The molecule has 0 aromatic carbocycles. The standard InChI is InChI=1S/C14H13ClN6O2/c1-7-10(12(13(16)22)20(2)18-7)17-14(23)11-9(15)8-5-3-4-6-21(8)19-11/h3-6H,1-2H3,(H2,16,22)(H,17,23). The van der Waals surface area contributed by atoms with E-state index in [0.29, 0.717) is 11.2 Å². The van der Waals surface area contributed by atoms with Gasteiger partial charge in [0.05, 0.1) is 21.9 Å². The van der Waals surface area contributed by atoms with Gasteiger partial charge in [-0.3, -0.25) is 14.3 Å². The number of nitrogens with two attached hydrogens (primary N) is 1. The van der Waals surface area contributed by atoms with Gasteiger partial charge in [0.2, 0.25) is 0 Å². The summed E-state index contributed by atoms with van der Waals surface area (Å²) in [5.41, 5.74) is 6.82. The Bertz CT molecular complexity index is 942. The fourth-order valence-corrected chi connectivity index (χ4v) is 2.65. The molecule has 8 nitrogen and oxygen atoms in total. The third-order valence-electron chi connectivity index (χ3n) is 3.39. The van der Waals surface area contributed by atoms with Gasteiger partial charge in [0.1, 0.15) is 5.69 Å². The average Bonchev–Trinajstić information content (AvgIpc) is 2.97. The number of aryl methyl sites for hydroxylation is 2. The molecule has 0 bridgehead atoms. The van der Waals surface area contributed by atoms with Crippen molar-refractivity contribution in [1.29, 1.82) is 0 Å². The molecule has 0 unspecified atom stereocenters. The molecule has 3 rings (SSSR count). The number of primary amides is 1. The van der Waals surface area contributed by atoms with Crippen LogP contribution in [0.2, 0.25) is 5.02 Å². The van der Waals surface area contributed by atoms with E-state index in [1.165, 1.54) is 9.20 Å². The van der Waals surface area contributed by atoms with Crippen molar-refractivity contribution in [2.24, 2.45) is 12.8 Å². The van der Waals surface area contributed by atoms with E-state index in [9.17, 15) is 9.59 Å². The van der Waals surface area contributed by atoms with Crippen LogP contribution in [0.15, 0.2) is 24.4 Å². The highest BCUT2D eigenvalue weighted by Crippen LogP contribution is 2.24. The van der Waals surface area contributed by atoms with Crippen LogP contribution in [0, 0.1) is 6.92 Å². The summed E-state index contributed by atoms with van der Waals surface area (Å²) in [6, 6.07) is 5.31. The summed E-state index contributed by atoms with van der Waals surface area (Å²) in [4.78, 5) is 24.0. The molecule has 118 valence electrons. The Morgan fingerprint density at radius 3 is 2.70 bits per heavy atom. The number of carbonyl (C=O) groups is 2. The van der Waals surface area contributed by atoms with Crippen LogP contribution >= 0.6 is 11.6 Å². The molecule has 0 saturated heterocycles. The zero-order valence-electron chi connectivity index (χ0n) is 12.4. The number of hydrogen-bond acceptors (Lipinski definition) is 4. The fraction of sp³-hybridized carbons (Fsp3) is 0.143. The summed E-state index contributed by atoms with van der Waals surface area (Å²) in [5, 5.41) is 11.1. The van der Waals surface area contributed by atoms with E-state index in [1.807, 2.05) is 0 Å². The molecule has 3 N–H and O–H groups in total. The second-order valence-electron chi connectivity index (χ2n) is 4.94. The molecule has 0 saturated carbocycles. The van der Waals surface area contributed by atoms with Crippen LogP contribution in [-0.2, 0) is 7.05 Å². The van der Waals surface area contributed by atoms with Crippen LogP contribution < -0.4 is 11.1 Å². The quantitative estimate of drug-likeness (QED) is 0.755. The Morgan fingerprint density at radius 2 is 2.04 bits per heavy atom. The highest BCUT2D eigenvalue weighted by Gasteiger charge is 2.23. The lowest BCUT2D eigenvalue weighted by Gasteiger charge is -2.04. The molecule has 0 fully saturated rings. The average molecular weight is 333 g/mol. The van der Waals surface area contributed by atoms with E-state index in [0.717, 1.165) is 0 Å². The van der Waals surface area contributed by atoms with Gasteiger partial charge < -0.3 is 11.1 Å². The van der Waals surface area contributed by atoms with Crippen LogP contribution in [-0.4, -0.2) is 31.2 Å². The number of halogens is 1. The maximum atomic E-state index is 12.5. The zero-order valence-corrected chi connectivity index (χ0v) is 13.1. The van der Waals surface area contributed by atoms with Crippen LogP contribution in [0.5, 0.6) is 0 Å². The van der Waals surface area contributed by atoms with Crippen LogP contribution in [0.4, 0.5) is 5.69 Å². The van der Waals surface area contributed by atoms with E-state index in [4.69, 9.17) is 17.3 Å².